The Balaban J connectivity index is 1.78. The Bertz CT molecular complexity index is 1140. The molecular formula is C20H21N5O2. The maximum atomic E-state index is 12.4. The zero-order valence-electron chi connectivity index (χ0n) is 15.7. The van der Waals surface area contributed by atoms with E-state index in [2.05, 4.69) is 9.97 Å². The lowest BCUT2D eigenvalue weighted by molar-refractivity contribution is 0.0589. The van der Waals surface area contributed by atoms with E-state index >= 15 is 0 Å². The summed E-state index contributed by atoms with van der Waals surface area (Å²) in [5.74, 6) is 0. The van der Waals surface area contributed by atoms with Gasteiger partial charge in [0.1, 0.15) is 16.9 Å². The number of amides is 1. The number of carbonyl (C=O) groups is 1. The van der Waals surface area contributed by atoms with E-state index in [9.17, 15) is 4.79 Å². The minimum atomic E-state index is -0.549. The van der Waals surface area contributed by atoms with E-state index in [4.69, 9.17) is 4.74 Å². The van der Waals surface area contributed by atoms with Crippen LogP contribution in [-0.4, -0.2) is 37.5 Å². The van der Waals surface area contributed by atoms with Crippen molar-refractivity contribution in [3.05, 3.63) is 55.1 Å². The average Bonchev–Trinajstić information content (AvgIpc) is 3.25. The number of carbonyl (C=O) groups excluding carboxylic acids is 1. The highest BCUT2D eigenvalue weighted by molar-refractivity contribution is 5.87. The number of fused-ring (bicyclic) bond motifs is 2. The van der Waals surface area contributed by atoms with Gasteiger partial charge in [0, 0.05) is 25.6 Å². The molecule has 0 saturated carbocycles. The van der Waals surface area contributed by atoms with Crippen molar-refractivity contribution in [1.82, 2.24) is 18.8 Å². The summed E-state index contributed by atoms with van der Waals surface area (Å²) in [7, 11) is 1.70. The molecule has 7 nitrogen and oxygen atoms in total. The molecule has 4 aromatic heterocycles. The number of ether oxygens (including phenoxy) is 1. The Labute approximate surface area is 156 Å². The first-order valence-electron chi connectivity index (χ1n) is 8.70. The van der Waals surface area contributed by atoms with Crippen LogP contribution in [0.2, 0.25) is 0 Å². The van der Waals surface area contributed by atoms with Crippen LogP contribution in [0.3, 0.4) is 0 Å². The van der Waals surface area contributed by atoms with E-state index in [1.165, 1.54) is 4.90 Å². The normalized spacial score (nSPS) is 11.9. The van der Waals surface area contributed by atoms with Crippen LogP contribution >= 0.6 is 0 Å². The smallest absolute Gasteiger partial charge is 0.414 e. The van der Waals surface area contributed by atoms with Crippen molar-refractivity contribution in [2.24, 2.45) is 0 Å². The van der Waals surface area contributed by atoms with Crippen LogP contribution in [-0.2, 0) is 4.74 Å². The molecule has 0 radical (unpaired) electrons. The quantitative estimate of drug-likeness (QED) is 0.540. The Morgan fingerprint density at radius 2 is 1.81 bits per heavy atom. The lowest BCUT2D eigenvalue weighted by Crippen LogP contribution is -2.34. The van der Waals surface area contributed by atoms with Gasteiger partial charge in [-0.15, -0.1) is 0 Å². The first-order chi connectivity index (χ1) is 12.8. The molecule has 0 spiro atoms. The molecule has 0 aliphatic rings. The Morgan fingerprint density at radius 3 is 2.59 bits per heavy atom. The van der Waals surface area contributed by atoms with E-state index in [0.29, 0.717) is 5.69 Å². The highest BCUT2D eigenvalue weighted by Gasteiger charge is 2.21. The summed E-state index contributed by atoms with van der Waals surface area (Å²) in [6, 6.07) is 9.67. The fraction of sp³-hybridized carbons (Fsp3) is 0.250. The second-order valence-electron chi connectivity index (χ2n) is 7.36. The molecule has 7 heteroatoms. The molecule has 0 bridgehead atoms. The van der Waals surface area contributed by atoms with Crippen molar-refractivity contribution in [1.29, 1.82) is 0 Å². The predicted octanol–water partition coefficient (Wildman–Crippen LogP) is 4.02. The Hall–Kier alpha value is -3.35. The van der Waals surface area contributed by atoms with Crippen LogP contribution in [0, 0.1) is 0 Å². The fourth-order valence-electron chi connectivity index (χ4n) is 2.95. The number of rotatable bonds is 2. The molecule has 0 N–H and O–H groups in total. The minimum Gasteiger partial charge on any atom is -0.443 e. The van der Waals surface area contributed by atoms with E-state index in [0.717, 1.165) is 22.7 Å². The van der Waals surface area contributed by atoms with E-state index < -0.39 is 11.7 Å². The van der Waals surface area contributed by atoms with Gasteiger partial charge in [0.05, 0.1) is 23.3 Å². The monoisotopic (exact) mass is 363 g/mol. The zero-order chi connectivity index (χ0) is 19.2. The van der Waals surface area contributed by atoms with E-state index in [-0.39, 0.29) is 0 Å². The standard InChI is InChI=1S/C20H21N5O2/c1-20(2,3)27-19(26)23(4)14-8-9-18-22-12-16(25(18)13-14)15-6-5-7-17-21-10-11-24(15)17/h5-13H,1-4H3. The van der Waals surface area contributed by atoms with Crippen LogP contribution in [0.4, 0.5) is 10.5 Å². The third-order valence-corrected chi connectivity index (χ3v) is 4.24. The summed E-state index contributed by atoms with van der Waals surface area (Å²) in [6.07, 6.45) is 6.99. The maximum absolute atomic E-state index is 12.4. The number of anilines is 1. The van der Waals surface area contributed by atoms with E-state index in [1.807, 2.05) is 78.5 Å². The molecule has 27 heavy (non-hydrogen) atoms. The van der Waals surface area contributed by atoms with Gasteiger partial charge in [-0.2, -0.15) is 0 Å². The van der Waals surface area contributed by atoms with Gasteiger partial charge in [-0.3, -0.25) is 13.7 Å². The second-order valence-corrected chi connectivity index (χ2v) is 7.36. The van der Waals surface area contributed by atoms with Gasteiger partial charge in [-0.25, -0.2) is 14.8 Å². The van der Waals surface area contributed by atoms with Crippen molar-refractivity contribution < 1.29 is 9.53 Å². The van der Waals surface area contributed by atoms with Crippen LogP contribution in [0.15, 0.2) is 55.1 Å². The highest BCUT2D eigenvalue weighted by Crippen LogP contribution is 2.25. The molecule has 4 aromatic rings. The molecule has 0 aromatic carbocycles. The van der Waals surface area contributed by atoms with Crippen LogP contribution < -0.4 is 4.90 Å². The van der Waals surface area contributed by atoms with Crippen molar-refractivity contribution in [3.63, 3.8) is 0 Å². The molecule has 138 valence electrons. The molecule has 0 unspecified atom stereocenters. The molecular weight excluding hydrogens is 342 g/mol. The van der Waals surface area contributed by atoms with Crippen molar-refractivity contribution in [2.75, 3.05) is 11.9 Å². The summed E-state index contributed by atoms with van der Waals surface area (Å²) < 4.78 is 9.43. The largest absolute Gasteiger partial charge is 0.443 e. The number of hydrogen-bond acceptors (Lipinski definition) is 4. The molecule has 4 heterocycles. The average molecular weight is 363 g/mol. The minimum absolute atomic E-state index is 0.403. The zero-order valence-corrected chi connectivity index (χ0v) is 15.7. The van der Waals surface area contributed by atoms with E-state index in [1.54, 1.807) is 13.2 Å². The van der Waals surface area contributed by atoms with Gasteiger partial charge in [0.25, 0.3) is 0 Å². The third-order valence-electron chi connectivity index (χ3n) is 4.24. The van der Waals surface area contributed by atoms with Crippen LogP contribution in [0.5, 0.6) is 0 Å². The number of imidazole rings is 2. The topological polar surface area (TPSA) is 64.1 Å². The van der Waals surface area contributed by atoms with Crippen LogP contribution in [0.25, 0.3) is 22.7 Å². The number of pyridine rings is 2. The lowest BCUT2D eigenvalue weighted by Gasteiger charge is -2.24. The maximum Gasteiger partial charge on any atom is 0.414 e. The van der Waals surface area contributed by atoms with Gasteiger partial charge < -0.3 is 4.74 Å². The lowest BCUT2D eigenvalue weighted by atomic mass is 10.2. The van der Waals surface area contributed by atoms with Gasteiger partial charge in [-0.1, -0.05) is 6.07 Å². The first kappa shape index (κ1) is 17.1. The molecule has 0 aliphatic heterocycles. The first-order valence-corrected chi connectivity index (χ1v) is 8.70. The molecule has 0 fully saturated rings. The molecule has 4 rings (SSSR count). The van der Waals surface area contributed by atoms with Crippen molar-refractivity contribution in [3.8, 4) is 11.4 Å². The fourth-order valence-corrected chi connectivity index (χ4v) is 2.95. The molecule has 0 atom stereocenters. The molecule has 0 saturated heterocycles. The van der Waals surface area contributed by atoms with Crippen molar-refractivity contribution in [2.45, 2.75) is 26.4 Å². The highest BCUT2D eigenvalue weighted by atomic mass is 16.6. The summed E-state index contributed by atoms with van der Waals surface area (Å²) in [5, 5.41) is 0. The SMILES string of the molecule is CN(C(=O)OC(C)(C)C)c1ccc2ncc(-c3cccc4nccn34)n2c1. The summed E-state index contributed by atoms with van der Waals surface area (Å²) in [4.78, 5) is 22.7. The summed E-state index contributed by atoms with van der Waals surface area (Å²) in [6.45, 7) is 5.55. The van der Waals surface area contributed by atoms with Gasteiger partial charge in [0.2, 0.25) is 0 Å². The van der Waals surface area contributed by atoms with Gasteiger partial charge in [0.15, 0.2) is 0 Å². The molecule has 0 aliphatic carbocycles. The second kappa shape index (κ2) is 6.12. The summed E-state index contributed by atoms with van der Waals surface area (Å²) in [5.41, 5.74) is 3.71. The van der Waals surface area contributed by atoms with Gasteiger partial charge in [-0.05, 0) is 45.0 Å². The third kappa shape index (κ3) is 3.12. The number of aromatic nitrogens is 4. The number of nitrogens with zero attached hydrogens (tertiary/aromatic N) is 5. The van der Waals surface area contributed by atoms with Crippen molar-refractivity contribution >= 4 is 23.1 Å². The van der Waals surface area contributed by atoms with Gasteiger partial charge >= 0.3 is 6.09 Å². The summed E-state index contributed by atoms with van der Waals surface area (Å²) >= 11 is 0. The molecule has 1 amide bonds. The Morgan fingerprint density at radius 1 is 1.04 bits per heavy atom. The number of hydrogen-bond donors (Lipinski definition) is 0. The predicted molar refractivity (Wildman–Crippen MR) is 104 cm³/mol. The Kier molecular flexibility index (Phi) is 3.87. The van der Waals surface area contributed by atoms with Crippen LogP contribution in [0.1, 0.15) is 20.8 Å².